The fourth-order valence-electron chi connectivity index (χ4n) is 4.00. The molecule has 3 heterocycles. The molecule has 1 aliphatic rings. The smallest absolute Gasteiger partial charge is 0.255 e. The minimum absolute atomic E-state index is 0.0925. The van der Waals surface area contributed by atoms with E-state index in [2.05, 4.69) is 10.3 Å². The second-order valence-electron chi connectivity index (χ2n) is 8.21. The SMILES string of the molecule is CC(=O)Nc1ccc(Oc2cc(C)nc([C@@H]3CCCN(C(=O)c4ccc(=O)[nH]c4)C3)c2)cc1. The predicted octanol–water partition coefficient (Wildman–Crippen LogP) is 3.85. The standard InChI is InChI=1S/C25H26N4O4/c1-16-12-22(33-21-8-6-20(7-9-21)28-17(2)30)13-23(27-16)19-4-3-11-29(15-19)25(32)18-5-10-24(31)26-14-18/h5-10,12-14,19H,3-4,11,15H2,1-2H3,(H,26,31)(H,28,30)/t19-/m1/s1. The van der Waals surface area contributed by atoms with Gasteiger partial charge in [0.2, 0.25) is 11.5 Å². The summed E-state index contributed by atoms with van der Waals surface area (Å²) in [6, 6.07) is 13.9. The quantitative estimate of drug-likeness (QED) is 0.620. The first-order valence-corrected chi connectivity index (χ1v) is 10.9. The fourth-order valence-corrected chi connectivity index (χ4v) is 4.00. The molecule has 1 aliphatic heterocycles. The molecule has 2 amide bonds. The fraction of sp³-hybridized carbons (Fsp3) is 0.280. The van der Waals surface area contributed by atoms with Crippen LogP contribution in [0.15, 0.2) is 59.5 Å². The third-order valence-electron chi connectivity index (χ3n) is 5.52. The van der Waals surface area contributed by atoms with E-state index in [1.165, 1.54) is 19.2 Å². The summed E-state index contributed by atoms with van der Waals surface area (Å²) in [7, 11) is 0. The minimum atomic E-state index is -0.232. The molecule has 0 unspecified atom stereocenters. The maximum Gasteiger partial charge on any atom is 0.255 e. The molecule has 8 heteroatoms. The zero-order valence-corrected chi connectivity index (χ0v) is 18.6. The maximum absolute atomic E-state index is 12.9. The van der Waals surface area contributed by atoms with Crippen molar-refractivity contribution in [2.24, 2.45) is 0 Å². The number of ether oxygens (including phenoxy) is 1. The van der Waals surface area contributed by atoms with Crippen LogP contribution < -0.4 is 15.6 Å². The molecule has 4 rings (SSSR count). The van der Waals surface area contributed by atoms with E-state index in [1.807, 2.05) is 24.0 Å². The van der Waals surface area contributed by atoms with Crippen LogP contribution in [0.2, 0.25) is 0 Å². The van der Waals surface area contributed by atoms with Crippen LogP contribution in [0.1, 0.15) is 47.4 Å². The summed E-state index contributed by atoms with van der Waals surface area (Å²) in [5, 5.41) is 2.73. The Morgan fingerprint density at radius 2 is 1.91 bits per heavy atom. The van der Waals surface area contributed by atoms with E-state index < -0.39 is 0 Å². The van der Waals surface area contributed by atoms with Crippen molar-refractivity contribution >= 4 is 17.5 Å². The summed E-state index contributed by atoms with van der Waals surface area (Å²) in [6.07, 6.45) is 3.26. The zero-order chi connectivity index (χ0) is 23.4. The topological polar surface area (TPSA) is 104 Å². The van der Waals surface area contributed by atoms with Gasteiger partial charge in [-0.3, -0.25) is 19.4 Å². The number of nitrogens with zero attached hydrogens (tertiary/aromatic N) is 2. The third kappa shape index (κ3) is 5.65. The molecule has 3 aromatic rings. The summed E-state index contributed by atoms with van der Waals surface area (Å²) >= 11 is 0. The van der Waals surface area contributed by atoms with Crippen molar-refractivity contribution in [3.05, 3.63) is 82.0 Å². The highest BCUT2D eigenvalue weighted by Crippen LogP contribution is 2.31. The lowest BCUT2D eigenvalue weighted by molar-refractivity contribution is -0.114. The number of aryl methyl sites for hydroxylation is 1. The maximum atomic E-state index is 12.9. The van der Waals surface area contributed by atoms with Crippen LogP contribution in [0.5, 0.6) is 11.5 Å². The van der Waals surface area contributed by atoms with Gasteiger partial charge >= 0.3 is 0 Å². The number of piperidine rings is 1. The number of aromatic nitrogens is 2. The summed E-state index contributed by atoms with van der Waals surface area (Å²) in [6.45, 7) is 4.61. The molecule has 0 aliphatic carbocycles. The molecule has 0 saturated carbocycles. The van der Waals surface area contributed by atoms with Gasteiger partial charge in [0.05, 0.1) is 5.56 Å². The zero-order valence-electron chi connectivity index (χ0n) is 18.6. The van der Waals surface area contributed by atoms with Crippen molar-refractivity contribution in [3.63, 3.8) is 0 Å². The molecular formula is C25H26N4O4. The summed E-state index contributed by atoms with van der Waals surface area (Å²) < 4.78 is 6.04. The normalized spacial score (nSPS) is 15.7. The highest BCUT2D eigenvalue weighted by Gasteiger charge is 2.27. The van der Waals surface area contributed by atoms with Gasteiger partial charge in [-0.15, -0.1) is 0 Å². The summed E-state index contributed by atoms with van der Waals surface area (Å²) in [4.78, 5) is 44.5. The first kappa shape index (κ1) is 22.3. The molecule has 0 bridgehead atoms. The monoisotopic (exact) mass is 446 g/mol. The molecule has 1 fully saturated rings. The number of likely N-dealkylation sites (tertiary alicyclic amines) is 1. The molecular weight excluding hydrogens is 420 g/mol. The molecule has 0 radical (unpaired) electrons. The number of nitrogens with one attached hydrogen (secondary N) is 2. The van der Waals surface area contributed by atoms with E-state index in [-0.39, 0.29) is 23.3 Å². The Kier molecular flexibility index (Phi) is 6.53. The lowest BCUT2D eigenvalue weighted by Gasteiger charge is -2.32. The van der Waals surface area contributed by atoms with Gasteiger partial charge < -0.3 is 19.9 Å². The number of carbonyl (C=O) groups excluding carboxylic acids is 2. The molecule has 8 nitrogen and oxygen atoms in total. The van der Waals surface area contributed by atoms with Crippen molar-refractivity contribution in [3.8, 4) is 11.5 Å². The Morgan fingerprint density at radius 1 is 1.12 bits per heavy atom. The highest BCUT2D eigenvalue weighted by atomic mass is 16.5. The Labute approximate surface area is 191 Å². The van der Waals surface area contributed by atoms with Gasteiger partial charge in [-0.25, -0.2) is 0 Å². The minimum Gasteiger partial charge on any atom is -0.457 e. The molecule has 2 aromatic heterocycles. The van der Waals surface area contributed by atoms with Crippen LogP contribution in [0.4, 0.5) is 5.69 Å². The molecule has 1 atom stereocenters. The van der Waals surface area contributed by atoms with Crippen LogP contribution in [0, 0.1) is 6.92 Å². The van der Waals surface area contributed by atoms with Crippen LogP contribution in [-0.4, -0.2) is 39.8 Å². The lowest BCUT2D eigenvalue weighted by atomic mass is 9.93. The lowest BCUT2D eigenvalue weighted by Crippen LogP contribution is -2.39. The summed E-state index contributed by atoms with van der Waals surface area (Å²) in [5.74, 6) is 1.20. The number of benzene rings is 1. The first-order chi connectivity index (χ1) is 15.9. The molecule has 1 aromatic carbocycles. The largest absolute Gasteiger partial charge is 0.457 e. The molecule has 0 spiro atoms. The molecule has 33 heavy (non-hydrogen) atoms. The van der Waals surface area contributed by atoms with Crippen molar-refractivity contribution in [2.75, 3.05) is 18.4 Å². The van der Waals surface area contributed by atoms with Crippen LogP contribution in [0.25, 0.3) is 0 Å². The van der Waals surface area contributed by atoms with E-state index in [1.54, 1.807) is 30.3 Å². The van der Waals surface area contributed by atoms with Crippen molar-refractivity contribution < 1.29 is 14.3 Å². The van der Waals surface area contributed by atoms with E-state index in [4.69, 9.17) is 9.72 Å². The van der Waals surface area contributed by atoms with E-state index >= 15 is 0 Å². The number of hydrogen-bond donors (Lipinski definition) is 2. The predicted molar refractivity (Wildman–Crippen MR) is 125 cm³/mol. The van der Waals surface area contributed by atoms with Gasteiger partial charge in [0.25, 0.3) is 5.91 Å². The number of H-pyrrole nitrogens is 1. The molecule has 1 saturated heterocycles. The second-order valence-corrected chi connectivity index (χ2v) is 8.21. The Morgan fingerprint density at radius 3 is 2.61 bits per heavy atom. The molecule has 2 N–H and O–H groups in total. The molecule has 170 valence electrons. The summed E-state index contributed by atoms with van der Waals surface area (Å²) in [5.41, 5.74) is 2.67. The van der Waals surface area contributed by atoms with Gasteiger partial charge in [-0.05, 0) is 50.1 Å². The van der Waals surface area contributed by atoms with E-state index in [0.29, 0.717) is 35.8 Å². The van der Waals surface area contributed by atoms with Crippen molar-refractivity contribution in [1.82, 2.24) is 14.9 Å². The van der Waals surface area contributed by atoms with Crippen molar-refractivity contribution in [2.45, 2.75) is 32.6 Å². The van der Waals surface area contributed by atoms with Crippen LogP contribution in [0.3, 0.4) is 0 Å². The Hall–Kier alpha value is -3.94. The number of amides is 2. The number of hydrogen-bond acceptors (Lipinski definition) is 5. The van der Waals surface area contributed by atoms with Gasteiger partial charge in [0.1, 0.15) is 11.5 Å². The average Bonchev–Trinajstić information content (AvgIpc) is 2.80. The average molecular weight is 447 g/mol. The number of aromatic amines is 1. The van der Waals surface area contributed by atoms with Crippen LogP contribution >= 0.6 is 0 Å². The van der Waals surface area contributed by atoms with E-state index in [9.17, 15) is 14.4 Å². The Bertz CT molecular complexity index is 1200. The van der Waals surface area contributed by atoms with Gasteiger partial charge in [-0.1, -0.05) is 0 Å². The third-order valence-corrected chi connectivity index (χ3v) is 5.52. The second kappa shape index (κ2) is 9.68. The highest BCUT2D eigenvalue weighted by molar-refractivity contribution is 5.94. The number of rotatable bonds is 5. The van der Waals surface area contributed by atoms with E-state index in [0.717, 1.165) is 24.2 Å². The van der Waals surface area contributed by atoms with Crippen LogP contribution in [-0.2, 0) is 4.79 Å². The van der Waals surface area contributed by atoms with Crippen molar-refractivity contribution in [1.29, 1.82) is 0 Å². The van der Waals surface area contributed by atoms with Gasteiger partial charge in [0.15, 0.2) is 0 Å². The number of pyridine rings is 2. The first-order valence-electron chi connectivity index (χ1n) is 10.9. The number of carbonyl (C=O) groups is 2. The number of anilines is 1. The van der Waals surface area contributed by atoms with Gasteiger partial charge in [-0.2, -0.15) is 0 Å². The van der Waals surface area contributed by atoms with Gasteiger partial charge in [0, 0.05) is 67.4 Å². The Balaban J connectivity index is 1.48.